The minimum atomic E-state index is -0.271. The van der Waals surface area contributed by atoms with E-state index in [-0.39, 0.29) is 11.7 Å². The molecule has 100 valence electrons. The molecule has 0 saturated carbocycles. The van der Waals surface area contributed by atoms with Gasteiger partial charge in [-0.15, -0.1) is 0 Å². The Morgan fingerprint density at radius 3 is 2.60 bits per heavy atom. The Hall–Kier alpha value is -2.82. The van der Waals surface area contributed by atoms with E-state index in [0.29, 0.717) is 11.4 Å². The van der Waals surface area contributed by atoms with Gasteiger partial charge in [-0.25, -0.2) is 0 Å². The van der Waals surface area contributed by atoms with Gasteiger partial charge in [0.1, 0.15) is 5.75 Å². The summed E-state index contributed by atoms with van der Waals surface area (Å²) in [7, 11) is 1.81. The fourth-order valence-corrected chi connectivity index (χ4v) is 2.12. The first-order valence-corrected chi connectivity index (χ1v) is 6.17. The second kappa shape index (κ2) is 4.70. The molecule has 0 saturated heterocycles. The number of nitrogens with one attached hydrogen (secondary N) is 1. The average molecular weight is 267 g/mol. The maximum absolute atomic E-state index is 12.3. The fraction of sp³-hybridized carbons (Fsp3) is 0.0667. The molecule has 5 nitrogen and oxygen atoms in total. The third-order valence-electron chi connectivity index (χ3n) is 3.10. The van der Waals surface area contributed by atoms with Crippen molar-refractivity contribution in [3.05, 3.63) is 54.2 Å². The molecule has 0 atom stereocenters. The van der Waals surface area contributed by atoms with E-state index in [9.17, 15) is 9.90 Å². The number of phenolic OH excluding ortho intramolecular Hbond substituents is 1. The van der Waals surface area contributed by atoms with Crippen molar-refractivity contribution < 1.29 is 9.90 Å². The normalized spacial score (nSPS) is 10.7. The van der Waals surface area contributed by atoms with Crippen LogP contribution < -0.4 is 5.32 Å². The monoisotopic (exact) mass is 267 g/mol. The standard InChI is InChI=1S/C15H13N3O2/c1-18-13-5-3-2-4-12(13)14(17-18)15(20)16-10-6-8-11(19)9-7-10/h2-9,19H,1H3,(H,16,20). The highest BCUT2D eigenvalue weighted by molar-refractivity contribution is 6.11. The second-order valence-corrected chi connectivity index (χ2v) is 4.49. The van der Waals surface area contributed by atoms with Crippen LogP contribution in [0.1, 0.15) is 10.5 Å². The van der Waals surface area contributed by atoms with Crippen molar-refractivity contribution >= 4 is 22.5 Å². The second-order valence-electron chi connectivity index (χ2n) is 4.49. The van der Waals surface area contributed by atoms with Gasteiger partial charge in [0.2, 0.25) is 0 Å². The highest BCUT2D eigenvalue weighted by Crippen LogP contribution is 2.19. The number of carbonyl (C=O) groups excluding carboxylic acids is 1. The molecular formula is C15H13N3O2. The summed E-state index contributed by atoms with van der Waals surface area (Å²) in [5.41, 5.74) is 1.90. The zero-order valence-electron chi connectivity index (χ0n) is 10.9. The smallest absolute Gasteiger partial charge is 0.276 e. The van der Waals surface area contributed by atoms with Gasteiger partial charge in [-0.2, -0.15) is 5.10 Å². The minimum absolute atomic E-state index is 0.159. The summed E-state index contributed by atoms with van der Waals surface area (Å²) in [4.78, 5) is 12.3. The first-order valence-electron chi connectivity index (χ1n) is 6.17. The fourth-order valence-electron chi connectivity index (χ4n) is 2.12. The lowest BCUT2D eigenvalue weighted by Gasteiger charge is -2.03. The molecule has 0 fully saturated rings. The molecule has 1 heterocycles. The lowest BCUT2D eigenvalue weighted by molar-refractivity contribution is 0.102. The molecule has 20 heavy (non-hydrogen) atoms. The lowest BCUT2D eigenvalue weighted by Crippen LogP contribution is -2.13. The predicted molar refractivity (Wildman–Crippen MR) is 76.8 cm³/mol. The van der Waals surface area contributed by atoms with E-state index in [0.717, 1.165) is 10.9 Å². The number of aromatic hydroxyl groups is 1. The third-order valence-corrected chi connectivity index (χ3v) is 3.10. The molecule has 1 amide bonds. The number of hydrogen-bond donors (Lipinski definition) is 2. The highest BCUT2D eigenvalue weighted by atomic mass is 16.3. The summed E-state index contributed by atoms with van der Waals surface area (Å²) in [5, 5.41) is 17.1. The number of fused-ring (bicyclic) bond motifs is 1. The van der Waals surface area contributed by atoms with Crippen LogP contribution in [-0.4, -0.2) is 20.8 Å². The van der Waals surface area contributed by atoms with E-state index in [4.69, 9.17) is 0 Å². The molecule has 0 bridgehead atoms. The molecule has 1 aromatic heterocycles. The van der Waals surface area contributed by atoms with E-state index < -0.39 is 0 Å². The average Bonchev–Trinajstić information content (AvgIpc) is 2.79. The van der Waals surface area contributed by atoms with Crippen LogP contribution in [0.5, 0.6) is 5.75 Å². The van der Waals surface area contributed by atoms with Crippen molar-refractivity contribution in [3.63, 3.8) is 0 Å². The largest absolute Gasteiger partial charge is 0.508 e. The van der Waals surface area contributed by atoms with Crippen molar-refractivity contribution in [2.45, 2.75) is 0 Å². The number of nitrogens with zero attached hydrogens (tertiary/aromatic N) is 2. The number of rotatable bonds is 2. The van der Waals surface area contributed by atoms with E-state index in [2.05, 4.69) is 10.4 Å². The van der Waals surface area contributed by atoms with Crippen LogP contribution in [0.3, 0.4) is 0 Å². The number of benzene rings is 2. The first kappa shape index (κ1) is 12.2. The van der Waals surface area contributed by atoms with Gasteiger partial charge in [-0.05, 0) is 30.3 Å². The van der Waals surface area contributed by atoms with Gasteiger partial charge in [0.25, 0.3) is 5.91 Å². The van der Waals surface area contributed by atoms with Crippen molar-refractivity contribution in [1.29, 1.82) is 0 Å². The molecule has 0 aliphatic carbocycles. The van der Waals surface area contributed by atoms with Gasteiger partial charge in [0.05, 0.1) is 5.52 Å². The van der Waals surface area contributed by atoms with E-state index in [1.165, 1.54) is 12.1 Å². The summed E-state index contributed by atoms with van der Waals surface area (Å²) in [6, 6.07) is 13.9. The zero-order chi connectivity index (χ0) is 14.1. The number of anilines is 1. The Labute approximate surface area is 115 Å². The van der Waals surface area contributed by atoms with Crippen LogP contribution in [0.15, 0.2) is 48.5 Å². The van der Waals surface area contributed by atoms with Gasteiger partial charge < -0.3 is 10.4 Å². The molecule has 2 aromatic carbocycles. The van der Waals surface area contributed by atoms with Gasteiger partial charge in [-0.3, -0.25) is 9.48 Å². The Morgan fingerprint density at radius 1 is 1.15 bits per heavy atom. The molecule has 3 aromatic rings. The molecule has 0 spiro atoms. The molecule has 3 rings (SSSR count). The van der Waals surface area contributed by atoms with Crippen LogP contribution >= 0.6 is 0 Å². The third kappa shape index (κ3) is 2.09. The topological polar surface area (TPSA) is 67.2 Å². The van der Waals surface area contributed by atoms with Crippen molar-refractivity contribution in [1.82, 2.24) is 9.78 Å². The molecule has 0 unspecified atom stereocenters. The lowest BCUT2D eigenvalue weighted by atomic mass is 10.2. The van der Waals surface area contributed by atoms with Crippen LogP contribution in [0.2, 0.25) is 0 Å². The number of para-hydroxylation sites is 1. The summed E-state index contributed by atoms with van der Waals surface area (Å²) in [5.74, 6) is -0.112. The Balaban J connectivity index is 1.95. The number of aryl methyl sites for hydroxylation is 1. The zero-order valence-corrected chi connectivity index (χ0v) is 10.9. The first-order chi connectivity index (χ1) is 9.65. The number of hydrogen-bond acceptors (Lipinski definition) is 3. The van der Waals surface area contributed by atoms with Crippen molar-refractivity contribution in [2.24, 2.45) is 7.05 Å². The van der Waals surface area contributed by atoms with Crippen molar-refractivity contribution in [2.75, 3.05) is 5.32 Å². The summed E-state index contributed by atoms with van der Waals surface area (Å²) in [6.07, 6.45) is 0. The number of carbonyl (C=O) groups is 1. The van der Waals surface area contributed by atoms with E-state index in [1.807, 2.05) is 24.3 Å². The van der Waals surface area contributed by atoms with Crippen molar-refractivity contribution in [3.8, 4) is 5.75 Å². The maximum Gasteiger partial charge on any atom is 0.276 e. The molecular weight excluding hydrogens is 254 g/mol. The molecule has 0 radical (unpaired) electrons. The molecule has 5 heteroatoms. The number of phenols is 1. The summed E-state index contributed by atoms with van der Waals surface area (Å²) in [6.45, 7) is 0. The van der Waals surface area contributed by atoms with Gasteiger partial charge in [0, 0.05) is 18.1 Å². The Kier molecular flexibility index (Phi) is 2.87. The van der Waals surface area contributed by atoms with Gasteiger partial charge >= 0.3 is 0 Å². The summed E-state index contributed by atoms with van der Waals surface area (Å²) < 4.78 is 1.68. The predicted octanol–water partition coefficient (Wildman–Crippen LogP) is 2.53. The van der Waals surface area contributed by atoms with E-state index in [1.54, 1.807) is 23.9 Å². The van der Waals surface area contributed by atoms with Crippen LogP contribution in [0.4, 0.5) is 5.69 Å². The molecule has 0 aliphatic heterocycles. The SMILES string of the molecule is Cn1nc(C(=O)Nc2ccc(O)cc2)c2ccccc21. The van der Waals surface area contributed by atoms with Crippen LogP contribution in [0.25, 0.3) is 10.9 Å². The number of amides is 1. The quantitative estimate of drug-likeness (QED) is 0.701. The van der Waals surface area contributed by atoms with E-state index >= 15 is 0 Å². The molecule has 0 aliphatic rings. The Morgan fingerprint density at radius 2 is 1.85 bits per heavy atom. The Bertz CT molecular complexity index is 775. The maximum atomic E-state index is 12.3. The van der Waals surface area contributed by atoms with Crippen LogP contribution in [-0.2, 0) is 7.05 Å². The molecule has 2 N–H and O–H groups in total. The minimum Gasteiger partial charge on any atom is -0.508 e. The van der Waals surface area contributed by atoms with Crippen LogP contribution in [0, 0.1) is 0 Å². The number of aromatic nitrogens is 2. The highest BCUT2D eigenvalue weighted by Gasteiger charge is 2.15. The van der Waals surface area contributed by atoms with Gasteiger partial charge in [0.15, 0.2) is 5.69 Å². The summed E-state index contributed by atoms with van der Waals surface area (Å²) >= 11 is 0. The van der Waals surface area contributed by atoms with Gasteiger partial charge in [-0.1, -0.05) is 18.2 Å².